The van der Waals surface area contributed by atoms with Crippen LogP contribution in [0.5, 0.6) is 17.2 Å². The normalized spacial score (nSPS) is 15.7. The van der Waals surface area contributed by atoms with E-state index in [2.05, 4.69) is 21.9 Å². The number of anilines is 1. The number of aliphatic hydroxyl groups is 1. The smallest absolute Gasteiger partial charge is 0.161 e. The van der Waals surface area contributed by atoms with Gasteiger partial charge in [-0.2, -0.15) is 0 Å². The zero-order valence-electron chi connectivity index (χ0n) is 18.0. The first-order valence-electron chi connectivity index (χ1n) is 10.2. The average molecular weight is 417 g/mol. The Balaban J connectivity index is 1.38. The highest BCUT2D eigenvalue weighted by molar-refractivity contribution is 5.49. The van der Waals surface area contributed by atoms with Gasteiger partial charge in [0, 0.05) is 38.4 Å². The van der Waals surface area contributed by atoms with Gasteiger partial charge in [0.1, 0.15) is 5.75 Å². The van der Waals surface area contributed by atoms with Gasteiger partial charge in [-0.15, -0.1) is 0 Å². The molecule has 2 aromatic carbocycles. The lowest BCUT2D eigenvalue weighted by Crippen LogP contribution is -2.49. The maximum absolute atomic E-state index is 10.4. The molecule has 0 unspecified atom stereocenters. The van der Waals surface area contributed by atoms with Gasteiger partial charge in [0.05, 0.1) is 40.6 Å². The zero-order chi connectivity index (χ0) is 21.3. The van der Waals surface area contributed by atoms with Gasteiger partial charge in [0.25, 0.3) is 0 Å². The van der Waals surface area contributed by atoms with E-state index in [0.29, 0.717) is 31.3 Å². The summed E-state index contributed by atoms with van der Waals surface area (Å²) in [7, 11) is 4.90. The van der Waals surface area contributed by atoms with E-state index in [4.69, 9.17) is 18.9 Å². The summed E-state index contributed by atoms with van der Waals surface area (Å²) in [5.41, 5.74) is 2.18. The molecule has 1 atom stereocenters. The molecule has 1 saturated heterocycles. The molecule has 2 aromatic rings. The van der Waals surface area contributed by atoms with Gasteiger partial charge >= 0.3 is 0 Å². The predicted octanol–water partition coefficient (Wildman–Crippen LogP) is 2.41. The van der Waals surface area contributed by atoms with Crippen molar-refractivity contribution >= 4 is 5.69 Å². The van der Waals surface area contributed by atoms with Crippen LogP contribution in [0.2, 0.25) is 0 Å². The van der Waals surface area contributed by atoms with E-state index in [0.717, 1.165) is 37.5 Å². The topological polar surface area (TPSA) is 63.6 Å². The number of hydrogen-bond acceptors (Lipinski definition) is 7. The van der Waals surface area contributed by atoms with Gasteiger partial charge in [0.15, 0.2) is 11.5 Å². The second kappa shape index (κ2) is 11.1. The fourth-order valence-corrected chi connectivity index (χ4v) is 3.62. The Morgan fingerprint density at radius 1 is 0.867 bits per heavy atom. The summed E-state index contributed by atoms with van der Waals surface area (Å²) < 4.78 is 21.5. The summed E-state index contributed by atoms with van der Waals surface area (Å²) >= 11 is 0. The van der Waals surface area contributed by atoms with Crippen LogP contribution in [0, 0.1) is 0 Å². The quantitative estimate of drug-likeness (QED) is 0.638. The summed E-state index contributed by atoms with van der Waals surface area (Å²) in [5, 5.41) is 10.4. The SMILES string of the molecule is COc1ccc(N2CCN(C[C@@H](O)COCc3ccc(OC)c(OC)c3)CC2)cc1. The predicted molar refractivity (Wildman–Crippen MR) is 117 cm³/mol. The Hall–Kier alpha value is -2.48. The van der Waals surface area contributed by atoms with Crippen molar-refractivity contribution < 1.29 is 24.1 Å². The molecule has 164 valence electrons. The molecule has 0 spiro atoms. The summed E-state index contributed by atoms with van der Waals surface area (Å²) in [5.74, 6) is 2.23. The second-order valence-corrected chi connectivity index (χ2v) is 7.34. The van der Waals surface area contributed by atoms with Crippen LogP contribution in [0.15, 0.2) is 42.5 Å². The number of β-amino-alcohol motifs (C(OH)–C–C–N with tert-alkyl or cyclic N) is 1. The first kappa shape index (κ1) is 22.2. The third-order valence-corrected chi connectivity index (χ3v) is 5.31. The second-order valence-electron chi connectivity index (χ2n) is 7.34. The molecule has 0 amide bonds. The molecule has 0 radical (unpaired) electrons. The molecular formula is C23H32N2O5. The molecule has 30 heavy (non-hydrogen) atoms. The molecule has 0 aliphatic carbocycles. The maximum atomic E-state index is 10.4. The maximum Gasteiger partial charge on any atom is 0.161 e. The van der Waals surface area contributed by atoms with Gasteiger partial charge in [-0.1, -0.05) is 6.07 Å². The molecule has 0 saturated carbocycles. The number of nitrogens with zero attached hydrogens (tertiary/aromatic N) is 2. The first-order chi connectivity index (χ1) is 14.6. The van der Waals surface area contributed by atoms with Gasteiger partial charge in [-0.3, -0.25) is 4.90 Å². The van der Waals surface area contributed by atoms with Crippen molar-refractivity contribution in [3.05, 3.63) is 48.0 Å². The Morgan fingerprint density at radius 3 is 2.20 bits per heavy atom. The minimum absolute atomic E-state index is 0.299. The van der Waals surface area contributed by atoms with Crippen molar-refractivity contribution in [1.82, 2.24) is 4.90 Å². The van der Waals surface area contributed by atoms with Crippen molar-refractivity contribution in [2.24, 2.45) is 0 Å². The highest BCUT2D eigenvalue weighted by Crippen LogP contribution is 2.27. The van der Waals surface area contributed by atoms with Gasteiger partial charge in [-0.25, -0.2) is 0 Å². The highest BCUT2D eigenvalue weighted by atomic mass is 16.5. The molecule has 7 nitrogen and oxygen atoms in total. The van der Waals surface area contributed by atoms with E-state index in [1.54, 1.807) is 21.3 Å². The molecule has 0 bridgehead atoms. The number of rotatable bonds is 10. The van der Waals surface area contributed by atoms with Crippen molar-refractivity contribution in [2.45, 2.75) is 12.7 Å². The van der Waals surface area contributed by atoms with Gasteiger partial charge in [-0.05, 0) is 42.0 Å². The van der Waals surface area contributed by atoms with E-state index in [1.807, 2.05) is 30.3 Å². The van der Waals surface area contributed by atoms with Crippen LogP contribution in [0.25, 0.3) is 0 Å². The Morgan fingerprint density at radius 2 is 1.57 bits per heavy atom. The molecule has 1 fully saturated rings. The minimum atomic E-state index is -0.516. The van der Waals surface area contributed by atoms with E-state index in [-0.39, 0.29) is 0 Å². The molecule has 3 rings (SSSR count). The number of benzene rings is 2. The molecule has 7 heteroatoms. The molecular weight excluding hydrogens is 384 g/mol. The average Bonchev–Trinajstić information content (AvgIpc) is 2.79. The Kier molecular flexibility index (Phi) is 8.19. The lowest BCUT2D eigenvalue weighted by atomic mass is 10.2. The monoisotopic (exact) mass is 416 g/mol. The number of hydrogen-bond donors (Lipinski definition) is 1. The van der Waals surface area contributed by atoms with Crippen LogP contribution in [-0.2, 0) is 11.3 Å². The summed E-state index contributed by atoms with van der Waals surface area (Å²) in [6.45, 7) is 5.03. The van der Waals surface area contributed by atoms with Gasteiger partial charge in [0.2, 0.25) is 0 Å². The van der Waals surface area contributed by atoms with Crippen molar-refractivity contribution in [1.29, 1.82) is 0 Å². The van der Waals surface area contributed by atoms with E-state index in [1.165, 1.54) is 5.69 Å². The number of ether oxygens (including phenoxy) is 4. The summed E-state index contributed by atoms with van der Waals surface area (Å²) in [4.78, 5) is 4.64. The summed E-state index contributed by atoms with van der Waals surface area (Å²) in [6, 6.07) is 13.8. The first-order valence-corrected chi connectivity index (χ1v) is 10.2. The molecule has 0 aromatic heterocycles. The standard InChI is InChI=1S/C23H32N2O5/c1-27-21-7-5-19(6-8-21)25-12-10-24(11-13-25)15-20(26)17-30-16-18-4-9-22(28-2)23(14-18)29-3/h4-9,14,20,26H,10-13,15-17H2,1-3H3/t20-/m1/s1. The number of methoxy groups -OCH3 is 3. The fraction of sp³-hybridized carbons (Fsp3) is 0.478. The highest BCUT2D eigenvalue weighted by Gasteiger charge is 2.19. The largest absolute Gasteiger partial charge is 0.497 e. The van der Waals surface area contributed by atoms with Gasteiger partial charge < -0.3 is 29.0 Å². The van der Waals surface area contributed by atoms with Crippen molar-refractivity contribution in [3.8, 4) is 17.2 Å². The van der Waals surface area contributed by atoms with E-state index in [9.17, 15) is 5.11 Å². The van der Waals surface area contributed by atoms with E-state index < -0.39 is 6.10 Å². The lowest BCUT2D eigenvalue weighted by Gasteiger charge is -2.36. The van der Waals surface area contributed by atoms with Crippen LogP contribution in [0.1, 0.15) is 5.56 Å². The molecule has 1 aliphatic rings. The lowest BCUT2D eigenvalue weighted by molar-refractivity contribution is 0.00909. The van der Waals surface area contributed by atoms with Crippen LogP contribution < -0.4 is 19.1 Å². The zero-order valence-corrected chi connectivity index (χ0v) is 18.0. The summed E-state index contributed by atoms with van der Waals surface area (Å²) in [6.07, 6.45) is -0.516. The third kappa shape index (κ3) is 6.01. The third-order valence-electron chi connectivity index (χ3n) is 5.31. The minimum Gasteiger partial charge on any atom is -0.497 e. The Bertz CT molecular complexity index is 776. The van der Waals surface area contributed by atoms with Crippen LogP contribution in [-0.4, -0.2) is 76.8 Å². The van der Waals surface area contributed by atoms with Crippen molar-refractivity contribution in [3.63, 3.8) is 0 Å². The van der Waals surface area contributed by atoms with E-state index >= 15 is 0 Å². The van der Waals surface area contributed by atoms with Crippen LogP contribution >= 0.6 is 0 Å². The number of piperazine rings is 1. The number of aliphatic hydroxyl groups excluding tert-OH is 1. The molecule has 1 N–H and O–H groups in total. The fourth-order valence-electron chi connectivity index (χ4n) is 3.62. The molecule has 1 aliphatic heterocycles. The van der Waals surface area contributed by atoms with Crippen LogP contribution in [0.3, 0.4) is 0 Å². The molecule has 1 heterocycles. The Labute approximate surface area is 178 Å². The van der Waals surface area contributed by atoms with Crippen LogP contribution in [0.4, 0.5) is 5.69 Å². The van der Waals surface area contributed by atoms with Crippen molar-refractivity contribution in [2.75, 3.05) is 65.6 Å².